The van der Waals surface area contributed by atoms with Gasteiger partial charge < -0.3 is 0 Å². The fourth-order valence-electron chi connectivity index (χ4n) is 6.61. The van der Waals surface area contributed by atoms with E-state index in [1.54, 1.807) is 0 Å². The molecule has 1 fully saturated rings. The van der Waals surface area contributed by atoms with Crippen molar-refractivity contribution in [1.29, 1.82) is 0 Å². The van der Waals surface area contributed by atoms with Crippen LogP contribution in [0.2, 0.25) is 5.02 Å². The Labute approximate surface area is 274 Å². The summed E-state index contributed by atoms with van der Waals surface area (Å²) < 4.78 is 0. The van der Waals surface area contributed by atoms with Gasteiger partial charge in [-0.3, -0.25) is 14.9 Å². The maximum atomic E-state index is 7.13. The number of rotatable bonds is 11. The van der Waals surface area contributed by atoms with Crippen LogP contribution >= 0.6 is 11.6 Å². The SMILES string of the molecule is C=C(C)CCC1(C)CN(Cc2ncc(-c3cccc(-c4cccc(-c5cnc(/C(=C\C)CC)c(C)n5)c4Cl)c3C)nc2CC)C1. The number of halogens is 1. The minimum atomic E-state index is 0.370. The molecule has 4 aromatic rings. The highest BCUT2D eigenvalue weighted by atomic mass is 35.5. The van der Waals surface area contributed by atoms with Crippen LogP contribution in [0.15, 0.2) is 67.0 Å². The predicted molar refractivity (Wildman–Crippen MR) is 189 cm³/mol. The molecule has 5 rings (SSSR count). The molecule has 0 unspecified atom stereocenters. The van der Waals surface area contributed by atoms with E-state index < -0.39 is 0 Å². The summed E-state index contributed by atoms with van der Waals surface area (Å²) >= 11 is 7.13. The van der Waals surface area contributed by atoms with Gasteiger partial charge in [0.05, 0.1) is 51.6 Å². The van der Waals surface area contributed by atoms with Crippen molar-refractivity contribution in [2.24, 2.45) is 5.41 Å². The van der Waals surface area contributed by atoms with Gasteiger partial charge in [-0.1, -0.05) is 80.4 Å². The van der Waals surface area contributed by atoms with E-state index in [2.05, 4.69) is 76.4 Å². The first-order valence-corrected chi connectivity index (χ1v) is 16.5. The summed E-state index contributed by atoms with van der Waals surface area (Å²) in [5.41, 5.74) is 13.6. The molecule has 3 heterocycles. The van der Waals surface area contributed by atoms with Crippen LogP contribution in [0, 0.1) is 19.3 Å². The van der Waals surface area contributed by atoms with E-state index in [1.165, 1.54) is 17.6 Å². The molecule has 0 amide bonds. The number of nitrogens with zero attached hydrogens (tertiary/aromatic N) is 5. The highest BCUT2D eigenvalue weighted by Gasteiger charge is 2.38. The summed E-state index contributed by atoms with van der Waals surface area (Å²) in [6, 6.07) is 12.5. The molecule has 1 aliphatic heterocycles. The fourth-order valence-corrected chi connectivity index (χ4v) is 6.93. The Hall–Kier alpha value is -3.67. The van der Waals surface area contributed by atoms with Crippen molar-refractivity contribution in [1.82, 2.24) is 24.8 Å². The second kappa shape index (κ2) is 13.8. The molecule has 0 bridgehead atoms. The predicted octanol–water partition coefficient (Wildman–Crippen LogP) is 10.1. The fraction of sp³-hybridized carbons (Fsp3) is 0.385. The van der Waals surface area contributed by atoms with Gasteiger partial charge in [0.25, 0.3) is 0 Å². The second-order valence-corrected chi connectivity index (χ2v) is 13.3. The summed E-state index contributed by atoms with van der Waals surface area (Å²) in [7, 11) is 0. The van der Waals surface area contributed by atoms with E-state index in [1.807, 2.05) is 38.4 Å². The molecule has 1 saturated heterocycles. The molecule has 2 aromatic heterocycles. The number of likely N-dealkylation sites (tertiary alicyclic amines) is 1. The Morgan fingerprint density at radius 2 is 1.58 bits per heavy atom. The molecule has 6 heteroatoms. The minimum absolute atomic E-state index is 0.370. The molecular weight excluding hydrogens is 574 g/mol. The molecule has 0 radical (unpaired) electrons. The van der Waals surface area contributed by atoms with Gasteiger partial charge in [0.15, 0.2) is 0 Å². The van der Waals surface area contributed by atoms with Crippen LogP contribution in [0.1, 0.15) is 82.2 Å². The van der Waals surface area contributed by atoms with Crippen molar-refractivity contribution in [2.75, 3.05) is 13.1 Å². The zero-order valence-corrected chi connectivity index (χ0v) is 28.7. The number of hydrogen-bond donors (Lipinski definition) is 0. The summed E-state index contributed by atoms with van der Waals surface area (Å²) in [5, 5.41) is 0.668. The third kappa shape index (κ3) is 6.95. The van der Waals surface area contributed by atoms with Crippen LogP contribution in [0.4, 0.5) is 0 Å². The largest absolute Gasteiger partial charge is 0.296 e. The van der Waals surface area contributed by atoms with Crippen LogP contribution in [-0.2, 0) is 13.0 Å². The zero-order valence-electron chi connectivity index (χ0n) is 28.0. The number of aromatic nitrogens is 4. The van der Waals surface area contributed by atoms with Gasteiger partial charge >= 0.3 is 0 Å². The van der Waals surface area contributed by atoms with Gasteiger partial charge in [-0.05, 0) is 75.5 Å². The molecule has 5 nitrogen and oxygen atoms in total. The van der Waals surface area contributed by atoms with E-state index >= 15 is 0 Å². The van der Waals surface area contributed by atoms with E-state index in [4.69, 9.17) is 31.5 Å². The Balaban J connectivity index is 1.41. The van der Waals surface area contributed by atoms with Crippen molar-refractivity contribution >= 4 is 17.2 Å². The molecule has 0 saturated carbocycles. The molecule has 1 aliphatic rings. The van der Waals surface area contributed by atoms with Gasteiger partial charge in [-0.2, -0.15) is 0 Å². The van der Waals surface area contributed by atoms with E-state index in [-0.39, 0.29) is 0 Å². The number of hydrogen-bond acceptors (Lipinski definition) is 5. The third-order valence-corrected chi connectivity index (χ3v) is 9.57. The number of benzene rings is 2. The smallest absolute Gasteiger partial charge is 0.0904 e. The Morgan fingerprint density at radius 3 is 2.22 bits per heavy atom. The molecule has 0 spiro atoms. The molecule has 234 valence electrons. The van der Waals surface area contributed by atoms with E-state index in [0.717, 1.165) is 101 Å². The van der Waals surface area contributed by atoms with Crippen LogP contribution in [0.25, 0.3) is 39.2 Å². The van der Waals surface area contributed by atoms with Crippen LogP contribution < -0.4 is 0 Å². The topological polar surface area (TPSA) is 54.8 Å². The highest BCUT2D eigenvalue weighted by molar-refractivity contribution is 6.36. The average molecular weight is 620 g/mol. The van der Waals surface area contributed by atoms with Crippen LogP contribution in [0.3, 0.4) is 0 Å². The third-order valence-electron chi connectivity index (χ3n) is 9.16. The number of aryl methyl sites for hydroxylation is 2. The van der Waals surface area contributed by atoms with E-state index in [9.17, 15) is 0 Å². The second-order valence-electron chi connectivity index (χ2n) is 12.9. The first kappa shape index (κ1) is 32.7. The minimum Gasteiger partial charge on any atom is -0.296 e. The highest BCUT2D eigenvalue weighted by Crippen LogP contribution is 2.40. The van der Waals surface area contributed by atoms with Crippen molar-refractivity contribution in [3.8, 4) is 33.6 Å². The molecule has 0 atom stereocenters. The Kier molecular flexibility index (Phi) is 10.0. The molecule has 0 aliphatic carbocycles. The van der Waals surface area contributed by atoms with Crippen molar-refractivity contribution in [2.45, 2.75) is 80.7 Å². The van der Waals surface area contributed by atoms with Crippen molar-refractivity contribution < 1.29 is 0 Å². The summed E-state index contributed by atoms with van der Waals surface area (Å²) in [4.78, 5) is 22.3. The van der Waals surface area contributed by atoms with Gasteiger partial charge in [-0.25, -0.2) is 9.97 Å². The molecule has 0 N–H and O–H groups in total. The lowest BCUT2D eigenvalue weighted by molar-refractivity contribution is 0.00162. The normalized spacial score (nSPS) is 14.8. The van der Waals surface area contributed by atoms with Crippen molar-refractivity contribution in [3.63, 3.8) is 0 Å². The number of allylic oxidation sites excluding steroid dienone is 3. The van der Waals surface area contributed by atoms with Crippen LogP contribution in [-0.4, -0.2) is 37.9 Å². The van der Waals surface area contributed by atoms with E-state index in [0.29, 0.717) is 10.4 Å². The van der Waals surface area contributed by atoms with Gasteiger partial charge in [0, 0.05) is 36.3 Å². The summed E-state index contributed by atoms with van der Waals surface area (Å²) in [5.74, 6) is 0. The van der Waals surface area contributed by atoms with Crippen molar-refractivity contribution in [3.05, 3.63) is 100 Å². The quantitative estimate of drug-likeness (QED) is 0.156. The Morgan fingerprint density at radius 1 is 0.933 bits per heavy atom. The van der Waals surface area contributed by atoms with Gasteiger partial charge in [0.2, 0.25) is 0 Å². The molecular formula is C39H46ClN5. The lowest BCUT2D eigenvalue weighted by Gasteiger charge is -2.48. The first-order chi connectivity index (χ1) is 21.6. The standard InChI is InChI=1S/C39H46ClN5/c1-9-28(10-2)38-27(7)43-35(21-42-38)32-17-13-16-31(37(32)40)29-14-12-15-30(26(29)6)34-20-41-36(33(11-3)44-34)22-45-23-39(8,24-45)19-18-25(4)5/h9,12-17,20-21H,4,10-11,18-19,22-24H2,1-3,5-8H3/b28-9-. The monoisotopic (exact) mass is 619 g/mol. The van der Waals surface area contributed by atoms with Gasteiger partial charge in [0.1, 0.15) is 0 Å². The average Bonchev–Trinajstić information content (AvgIpc) is 3.01. The lowest BCUT2D eigenvalue weighted by atomic mass is 9.77. The molecule has 45 heavy (non-hydrogen) atoms. The zero-order chi connectivity index (χ0) is 32.3. The van der Waals surface area contributed by atoms with Crippen LogP contribution in [0.5, 0.6) is 0 Å². The summed E-state index contributed by atoms with van der Waals surface area (Å²) in [6.45, 7) is 22.1. The molecule has 2 aromatic carbocycles. The Bertz CT molecular complexity index is 1750. The lowest BCUT2D eigenvalue weighted by Crippen LogP contribution is -2.54. The first-order valence-electron chi connectivity index (χ1n) is 16.2. The maximum absolute atomic E-state index is 7.13. The van der Waals surface area contributed by atoms with Gasteiger partial charge in [-0.15, -0.1) is 6.58 Å². The maximum Gasteiger partial charge on any atom is 0.0904 e. The summed E-state index contributed by atoms with van der Waals surface area (Å²) in [6.07, 6.45) is 9.94.